The number of hydrogen-bond donors (Lipinski definition) is 0. The molecule has 0 fully saturated rings. The number of nitrogens with zero attached hydrogens (tertiary/aromatic N) is 3. The van der Waals surface area contributed by atoms with Gasteiger partial charge >= 0.3 is 0 Å². The first-order valence-electron chi connectivity index (χ1n) is 4.90. The standard InChI is InChI=1S/C12H11N3S/c1-15(9-12-14-6-7-16-12)11-5-3-2-4-10(11)8-13/h2-7H,9H2,1H3. The molecule has 0 saturated carbocycles. The van der Waals surface area contributed by atoms with E-state index in [1.807, 2.05) is 41.6 Å². The van der Waals surface area contributed by atoms with Crippen LogP contribution < -0.4 is 4.90 Å². The molecule has 0 spiro atoms. The fourth-order valence-electron chi connectivity index (χ4n) is 1.52. The fraction of sp³-hybridized carbons (Fsp3) is 0.167. The fourth-order valence-corrected chi connectivity index (χ4v) is 2.19. The molecule has 2 aromatic rings. The van der Waals surface area contributed by atoms with Crippen molar-refractivity contribution in [3.63, 3.8) is 0 Å². The van der Waals surface area contributed by atoms with Gasteiger partial charge in [-0.3, -0.25) is 0 Å². The molecule has 4 heteroatoms. The number of anilines is 1. The molecule has 0 N–H and O–H groups in total. The Morgan fingerprint density at radius 2 is 2.25 bits per heavy atom. The van der Waals surface area contributed by atoms with Crippen LogP contribution in [0, 0.1) is 11.3 Å². The molecule has 2 rings (SSSR count). The third-order valence-electron chi connectivity index (χ3n) is 2.29. The minimum atomic E-state index is 0.696. The Labute approximate surface area is 98.6 Å². The zero-order chi connectivity index (χ0) is 11.4. The first-order chi connectivity index (χ1) is 7.81. The topological polar surface area (TPSA) is 39.9 Å². The van der Waals surface area contributed by atoms with E-state index in [1.54, 1.807) is 17.5 Å². The minimum Gasteiger partial charge on any atom is -0.367 e. The number of nitriles is 1. The molecule has 1 aromatic carbocycles. The van der Waals surface area contributed by atoms with Gasteiger partial charge in [0.05, 0.1) is 17.8 Å². The molecule has 1 heterocycles. The zero-order valence-corrected chi connectivity index (χ0v) is 9.74. The van der Waals surface area contributed by atoms with Crippen LogP contribution in [0.3, 0.4) is 0 Å². The molecular formula is C12H11N3S. The van der Waals surface area contributed by atoms with E-state index >= 15 is 0 Å². The van der Waals surface area contributed by atoms with E-state index < -0.39 is 0 Å². The highest BCUT2D eigenvalue weighted by molar-refractivity contribution is 7.09. The molecule has 1 aromatic heterocycles. The second-order valence-electron chi connectivity index (χ2n) is 3.41. The van der Waals surface area contributed by atoms with Crippen molar-refractivity contribution in [1.29, 1.82) is 5.26 Å². The molecular weight excluding hydrogens is 218 g/mol. The number of thiazole rings is 1. The van der Waals surface area contributed by atoms with E-state index in [1.165, 1.54) is 0 Å². The lowest BCUT2D eigenvalue weighted by Crippen LogP contribution is -2.17. The van der Waals surface area contributed by atoms with Gasteiger partial charge in [-0.1, -0.05) is 12.1 Å². The molecule has 0 amide bonds. The molecule has 0 atom stereocenters. The molecule has 0 bridgehead atoms. The van der Waals surface area contributed by atoms with Crippen LogP contribution in [-0.4, -0.2) is 12.0 Å². The van der Waals surface area contributed by atoms with Gasteiger partial charge in [0.1, 0.15) is 11.1 Å². The summed E-state index contributed by atoms with van der Waals surface area (Å²) in [5, 5.41) is 12.0. The third kappa shape index (κ3) is 2.20. The Bertz CT molecular complexity index is 499. The summed E-state index contributed by atoms with van der Waals surface area (Å²) in [6.45, 7) is 0.732. The lowest BCUT2D eigenvalue weighted by Gasteiger charge is -2.18. The van der Waals surface area contributed by atoms with Crippen LogP contribution in [0.1, 0.15) is 10.6 Å². The Kier molecular flexibility index (Phi) is 3.18. The van der Waals surface area contributed by atoms with Crippen LogP contribution in [0.15, 0.2) is 35.8 Å². The number of benzene rings is 1. The van der Waals surface area contributed by atoms with E-state index in [2.05, 4.69) is 11.1 Å². The van der Waals surface area contributed by atoms with E-state index in [-0.39, 0.29) is 0 Å². The summed E-state index contributed by atoms with van der Waals surface area (Å²) in [6, 6.07) is 9.79. The predicted octanol–water partition coefficient (Wildman–Crippen LogP) is 2.65. The van der Waals surface area contributed by atoms with Gasteiger partial charge < -0.3 is 4.90 Å². The Morgan fingerprint density at radius 1 is 1.44 bits per heavy atom. The van der Waals surface area contributed by atoms with E-state index in [0.717, 1.165) is 17.2 Å². The molecule has 80 valence electrons. The molecule has 16 heavy (non-hydrogen) atoms. The third-order valence-corrected chi connectivity index (χ3v) is 3.06. The minimum absolute atomic E-state index is 0.696. The number of para-hydroxylation sites is 1. The van der Waals surface area contributed by atoms with E-state index in [4.69, 9.17) is 5.26 Å². The largest absolute Gasteiger partial charge is 0.367 e. The lowest BCUT2D eigenvalue weighted by atomic mass is 10.2. The highest BCUT2D eigenvalue weighted by Gasteiger charge is 2.07. The number of rotatable bonds is 3. The van der Waals surface area contributed by atoms with Crippen molar-refractivity contribution in [2.45, 2.75) is 6.54 Å². The lowest BCUT2D eigenvalue weighted by molar-refractivity contribution is 0.908. The van der Waals surface area contributed by atoms with Crippen molar-refractivity contribution >= 4 is 17.0 Å². The summed E-state index contributed by atoms with van der Waals surface area (Å²) in [5.41, 5.74) is 1.64. The predicted molar refractivity (Wildman–Crippen MR) is 65.4 cm³/mol. The second-order valence-corrected chi connectivity index (χ2v) is 4.39. The van der Waals surface area contributed by atoms with Gasteiger partial charge in [0.15, 0.2) is 0 Å². The first-order valence-corrected chi connectivity index (χ1v) is 5.78. The van der Waals surface area contributed by atoms with Gasteiger partial charge in [-0.15, -0.1) is 11.3 Å². The highest BCUT2D eigenvalue weighted by atomic mass is 32.1. The van der Waals surface area contributed by atoms with Crippen molar-refractivity contribution in [2.75, 3.05) is 11.9 Å². The Hall–Kier alpha value is -1.86. The maximum atomic E-state index is 9.00. The van der Waals surface area contributed by atoms with Gasteiger partial charge in [-0.25, -0.2) is 4.98 Å². The summed E-state index contributed by atoms with van der Waals surface area (Å²) in [6.07, 6.45) is 1.80. The Balaban J connectivity index is 2.21. The second kappa shape index (κ2) is 4.77. The van der Waals surface area contributed by atoms with Crippen LogP contribution in [0.4, 0.5) is 5.69 Å². The normalized spacial score (nSPS) is 9.75. The Morgan fingerprint density at radius 3 is 2.94 bits per heavy atom. The highest BCUT2D eigenvalue weighted by Crippen LogP contribution is 2.20. The average molecular weight is 229 g/mol. The van der Waals surface area contributed by atoms with Crippen LogP contribution in [-0.2, 0) is 6.54 Å². The molecule has 3 nitrogen and oxygen atoms in total. The van der Waals surface area contributed by atoms with E-state index in [9.17, 15) is 0 Å². The van der Waals surface area contributed by atoms with Crippen molar-refractivity contribution in [3.8, 4) is 6.07 Å². The SMILES string of the molecule is CN(Cc1nccs1)c1ccccc1C#N. The van der Waals surface area contributed by atoms with E-state index in [0.29, 0.717) is 5.56 Å². The van der Waals surface area contributed by atoms with Gasteiger partial charge in [-0.2, -0.15) is 5.26 Å². The average Bonchev–Trinajstić information content (AvgIpc) is 2.81. The maximum absolute atomic E-state index is 9.00. The van der Waals surface area contributed by atoms with Gasteiger partial charge in [-0.05, 0) is 12.1 Å². The zero-order valence-electron chi connectivity index (χ0n) is 8.92. The first kappa shape index (κ1) is 10.7. The summed E-state index contributed by atoms with van der Waals surface area (Å²) in [4.78, 5) is 6.27. The molecule has 0 saturated heterocycles. The van der Waals surface area contributed by atoms with Crippen molar-refractivity contribution < 1.29 is 0 Å². The molecule has 0 aliphatic heterocycles. The van der Waals surface area contributed by atoms with Crippen LogP contribution in [0.25, 0.3) is 0 Å². The molecule has 0 aliphatic carbocycles. The molecule has 0 radical (unpaired) electrons. The maximum Gasteiger partial charge on any atom is 0.112 e. The monoisotopic (exact) mass is 229 g/mol. The van der Waals surface area contributed by atoms with Gasteiger partial charge in [0, 0.05) is 18.6 Å². The summed E-state index contributed by atoms with van der Waals surface area (Å²) in [7, 11) is 1.97. The summed E-state index contributed by atoms with van der Waals surface area (Å²) in [5.74, 6) is 0. The van der Waals surface area contributed by atoms with Crippen molar-refractivity contribution in [2.24, 2.45) is 0 Å². The summed E-state index contributed by atoms with van der Waals surface area (Å²) < 4.78 is 0. The smallest absolute Gasteiger partial charge is 0.112 e. The molecule has 0 aliphatic rings. The van der Waals surface area contributed by atoms with Gasteiger partial charge in [0.2, 0.25) is 0 Å². The number of hydrogen-bond acceptors (Lipinski definition) is 4. The van der Waals surface area contributed by atoms with Crippen LogP contribution in [0.5, 0.6) is 0 Å². The van der Waals surface area contributed by atoms with Crippen LogP contribution >= 0.6 is 11.3 Å². The quantitative estimate of drug-likeness (QED) is 0.812. The van der Waals surface area contributed by atoms with Gasteiger partial charge in [0.25, 0.3) is 0 Å². The van der Waals surface area contributed by atoms with Crippen molar-refractivity contribution in [3.05, 3.63) is 46.4 Å². The van der Waals surface area contributed by atoms with Crippen LogP contribution in [0.2, 0.25) is 0 Å². The molecule has 0 unspecified atom stereocenters. The van der Waals surface area contributed by atoms with Crippen molar-refractivity contribution in [1.82, 2.24) is 4.98 Å². The number of aromatic nitrogens is 1. The summed E-state index contributed by atoms with van der Waals surface area (Å²) >= 11 is 1.62.